The van der Waals surface area contributed by atoms with Crippen LogP contribution in [-0.4, -0.2) is 43.1 Å². The quantitative estimate of drug-likeness (QED) is 0.795. The third-order valence-corrected chi connectivity index (χ3v) is 4.64. The average Bonchev–Trinajstić information content (AvgIpc) is 2.93. The predicted octanol–water partition coefficient (Wildman–Crippen LogP) is 2.06. The van der Waals surface area contributed by atoms with Crippen molar-refractivity contribution in [1.82, 2.24) is 5.32 Å². The van der Waals surface area contributed by atoms with Crippen molar-refractivity contribution < 1.29 is 4.79 Å². The molecule has 1 unspecified atom stereocenters. The van der Waals surface area contributed by atoms with Crippen molar-refractivity contribution in [3.8, 4) is 0 Å². The van der Waals surface area contributed by atoms with Crippen LogP contribution in [0.1, 0.15) is 18.9 Å². The molecule has 1 aliphatic rings. The van der Waals surface area contributed by atoms with E-state index in [1.165, 1.54) is 11.3 Å². The predicted molar refractivity (Wildman–Crippen MR) is 98.2 cm³/mol. The van der Waals surface area contributed by atoms with Crippen molar-refractivity contribution in [2.75, 3.05) is 30.0 Å². The Morgan fingerprint density at radius 3 is 2.91 bits per heavy atom. The van der Waals surface area contributed by atoms with Gasteiger partial charge >= 0.3 is 0 Å². The minimum Gasteiger partial charge on any atom is -0.366 e. The van der Waals surface area contributed by atoms with Gasteiger partial charge in [0.2, 0.25) is 5.91 Å². The van der Waals surface area contributed by atoms with E-state index < -0.39 is 6.04 Å². The van der Waals surface area contributed by atoms with Crippen molar-refractivity contribution >= 4 is 35.8 Å². The van der Waals surface area contributed by atoms with Gasteiger partial charge in [0, 0.05) is 24.8 Å². The lowest BCUT2D eigenvalue weighted by Gasteiger charge is -2.28. The van der Waals surface area contributed by atoms with E-state index in [0.29, 0.717) is 6.54 Å². The second-order valence-electron chi connectivity index (χ2n) is 5.55. The lowest BCUT2D eigenvalue weighted by molar-refractivity contribution is -0.122. The summed E-state index contributed by atoms with van der Waals surface area (Å²) in [7, 11) is 0. The van der Waals surface area contributed by atoms with Crippen molar-refractivity contribution in [2.24, 2.45) is 5.73 Å². The Morgan fingerprint density at radius 1 is 1.45 bits per heavy atom. The van der Waals surface area contributed by atoms with E-state index in [9.17, 15) is 4.79 Å². The Balaban J connectivity index is 0.00000242. The average molecular weight is 344 g/mol. The highest BCUT2D eigenvalue weighted by atomic mass is 35.5. The van der Waals surface area contributed by atoms with Gasteiger partial charge in [-0.25, -0.2) is 0 Å². The number of nitrogens with zero attached hydrogens (tertiary/aromatic N) is 1. The zero-order chi connectivity index (χ0) is 15.2. The maximum atomic E-state index is 11.9. The normalized spacial score (nSPS) is 15.7. The first-order chi connectivity index (χ1) is 10.1. The number of fused-ring (bicyclic) bond motifs is 1. The van der Waals surface area contributed by atoms with E-state index in [4.69, 9.17) is 5.73 Å². The molecule has 0 saturated carbocycles. The van der Waals surface area contributed by atoms with Gasteiger partial charge in [-0.3, -0.25) is 4.79 Å². The number of halogens is 1. The molecule has 1 heterocycles. The Kier molecular flexibility index (Phi) is 8.07. The molecule has 0 aliphatic carbocycles. The number of nitrogens with two attached hydrogens (primary N) is 1. The van der Waals surface area contributed by atoms with Crippen molar-refractivity contribution in [2.45, 2.75) is 31.8 Å². The van der Waals surface area contributed by atoms with Crippen LogP contribution in [0.25, 0.3) is 0 Å². The van der Waals surface area contributed by atoms with E-state index in [-0.39, 0.29) is 24.4 Å². The molecule has 0 bridgehead atoms. The van der Waals surface area contributed by atoms with Gasteiger partial charge in [-0.2, -0.15) is 11.8 Å². The Bertz CT molecular complexity index is 486. The second kappa shape index (κ2) is 9.28. The number of hydrogen-bond acceptors (Lipinski definition) is 4. The zero-order valence-corrected chi connectivity index (χ0v) is 14.9. The first kappa shape index (κ1) is 19.1. The topological polar surface area (TPSA) is 58.4 Å². The van der Waals surface area contributed by atoms with E-state index >= 15 is 0 Å². The number of para-hydroxylation sites is 1. The molecule has 6 heteroatoms. The van der Waals surface area contributed by atoms with Crippen LogP contribution in [0.15, 0.2) is 24.3 Å². The van der Waals surface area contributed by atoms with E-state index in [1.807, 2.05) is 6.26 Å². The van der Waals surface area contributed by atoms with Gasteiger partial charge in [0.1, 0.15) is 0 Å². The lowest BCUT2D eigenvalue weighted by Crippen LogP contribution is -2.47. The first-order valence-electron chi connectivity index (χ1n) is 7.50. The van der Waals surface area contributed by atoms with Crippen LogP contribution >= 0.6 is 24.2 Å². The molecule has 1 aliphatic heterocycles. The highest BCUT2D eigenvalue weighted by molar-refractivity contribution is 7.98. The molecule has 0 aromatic heterocycles. The van der Waals surface area contributed by atoms with Crippen LogP contribution in [0.5, 0.6) is 0 Å². The van der Waals surface area contributed by atoms with E-state index in [2.05, 4.69) is 41.4 Å². The Hall–Kier alpha value is -0.910. The van der Waals surface area contributed by atoms with E-state index in [1.54, 1.807) is 11.8 Å². The van der Waals surface area contributed by atoms with Crippen LogP contribution in [0, 0.1) is 0 Å². The molecular weight excluding hydrogens is 318 g/mol. The highest BCUT2D eigenvalue weighted by Gasteiger charge is 2.23. The van der Waals surface area contributed by atoms with Crippen LogP contribution < -0.4 is 16.0 Å². The summed E-state index contributed by atoms with van der Waals surface area (Å²) in [4.78, 5) is 14.3. The molecular formula is C16H26ClN3OS. The van der Waals surface area contributed by atoms with Crippen LogP contribution in [-0.2, 0) is 11.2 Å². The SMILES string of the molecule is CSCC[C@H](N)C(=O)NCC(C)N1CCc2ccccc21.Cl. The zero-order valence-electron chi connectivity index (χ0n) is 13.2. The number of carbonyl (C=O) groups is 1. The maximum absolute atomic E-state index is 11.9. The molecule has 4 nitrogen and oxygen atoms in total. The number of hydrogen-bond donors (Lipinski definition) is 2. The van der Waals surface area contributed by atoms with Gasteiger partial charge in [-0.05, 0) is 43.4 Å². The van der Waals surface area contributed by atoms with Gasteiger partial charge in [-0.1, -0.05) is 18.2 Å². The third kappa shape index (κ3) is 4.80. The number of anilines is 1. The van der Waals surface area contributed by atoms with Gasteiger partial charge in [0.25, 0.3) is 0 Å². The molecule has 2 rings (SSSR count). The molecule has 0 saturated heterocycles. The molecule has 1 aromatic rings. The summed E-state index contributed by atoms with van der Waals surface area (Å²) < 4.78 is 0. The first-order valence-corrected chi connectivity index (χ1v) is 8.89. The summed E-state index contributed by atoms with van der Waals surface area (Å²) >= 11 is 1.72. The summed E-state index contributed by atoms with van der Waals surface area (Å²) in [6.07, 6.45) is 3.84. The summed E-state index contributed by atoms with van der Waals surface area (Å²) in [5, 5.41) is 2.98. The Labute approximate surface area is 143 Å². The lowest BCUT2D eigenvalue weighted by atomic mass is 10.1. The molecule has 2 atom stereocenters. The largest absolute Gasteiger partial charge is 0.366 e. The van der Waals surface area contributed by atoms with Crippen molar-refractivity contribution in [3.63, 3.8) is 0 Å². The fourth-order valence-electron chi connectivity index (χ4n) is 2.69. The molecule has 3 N–H and O–H groups in total. The van der Waals surface area contributed by atoms with Crippen molar-refractivity contribution in [1.29, 1.82) is 0 Å². The molecule has 0 radical (unpaired) electrons. The molecule has 22 heavy (non-hydrogen) atoms. The van der Waals surface area contributed by atoms with Gasteiger partial charge in [-0.15, -0.1) is 12.4 Å². The minimum absolute atomic E-state index is 0. The van der Waals surface area contributed by atoms with Crippen molar-refractivity contribution in [3.05, 3.63) is 29.8 Å². The maximum Gasteiger partial charge on any atom is 0.237 e. The van der Waals surface area contributed by atoms with Crippen LogP contribution in [0.2, 0.25) is 0 Å². The number of amides is 1. The highest BCUT2D eigenvalue weighted by Crippen LogP contribution is 2.28. The minimum atomic E-state index is -0.393. The van der Waals surface area contributed by atoms with Crippen LogP contribution in [0.4, 0.5) is 5.69 Å². The summed E-state index contributed by atoms with van der Waals surface area (Å²) in [5.41, 5.74) is 8.57. The van der Waals surface area contributed by atoms with Gasteiger partial charge in [0.15, 0.2) is 0 Å². The summed E-state index contributed by atoms with van der Waals surface area (Å²) in [5.74, 6) is 0.882. The smallest absolute Gasteiger partial charge is 0.237 e. The molecule has 1 amide bonds. The molecule has 124 valence electrons. The standard InChI is InChI=1S/C16H25N3OS.ClH/c1-12(11-18-16(20)14(17)8-10-21-2)19-9-7-13-5-3-4-6-15(13)19;/h3-6,12,14H,7-11,17H2,1-2H3,(H,18,20);1H/t12?,14-;/m0./s1. The number of rotatable bonds is 7. The van der Waals surface area contributed by atoms with E-state index in [0.717, 1.165) is 25.1 Å². The monoisotopic (exact) mass is 343 g/mol. The fourth-order valence-corrected chi connectivity index (χ4v) is 3.18. The molecule has 0 spiro atoms. The number of thioether (sulfide) groups is 1. The summed E-state index contributed by atoms with van der Waals surface area (Å²) in [6, 6.07) is 8.38. The Morgan fingerprint density at radius 2 is 2.18 bits per heavy atom. The molecule has 0 fully saturated rings. The second-order valence-corrected chi connectivity index (χ2v) is 6.54. The number of nitrogens with one attached hydrogen (secondary N) is 1. The van der Waals surface area contributed by atoms with Gasteiger partial charge < -0.3 is 16.0 Å². The third-order valence-electron chi connectivity index (χ3n) is 4.00. The number of benzene rings is 1. The number of carbonyl (C=O) groups excluding carboxylic acids is 1. The van der Waals surface area contributed by atoms with Gasteiger partial charge in [0.05, 0.1) is 6.04 Å². The van der Waals surface area contributed by atoms with Crippen LogP contribution in [0.3, 0.4) is 0 Å². The molecule has 1 aromatic carbocycles. The fraction of sp³-hybridized carbons (Fsp3) is 0.562. The summed E-state index contributed by atoms with van der Waals surface area (Å²) in [6.45, 7) is 3.81.